The number of nitriles is 2. The molecule has 1 aromatic rings. The zero-order chi connectivity index (χ0) is 10.7. The third kappa shape index (κ3) is 1.72. The summed E-state index contributed by atoms with van der Waals surface area (Å²) in [5.74, 6) is -0.484. The van der Waals surface area contributed by atoms with Crippen molar-refractivity contribution in [2.24, 2.45) is 0 Å². The van der Waals surface area contributed by atoms with E-state index in [2.05, 4.69) is 0 Å². The van der Waals surface area contributed by atoms with Crippen LogP contribution in [-0.4, -0.2) is 0 Å². The summed E-state index contributed by atoms with van der Waals surface area (Å²) in [4.78, 5) is 0. The van der Waals surface area contributed by atoms with Crippen LogP contribution in [0.25, 0.3) is 0 Å². The Morgan fingerprint density at radius 3 is 2.14 bits per heavy atom. The molecule has 0 heterocycles. The Morgan fingerprint density at radius 2 is 1.71 bits per heavy atom. The minimum Gasteiger partial charge on any atom is -0.206 e. The quantitative estimate of drug-likeness (QED) is 0.680. The Hall–Kier alpha value is -1.87. The van der Waals surface area contributed by atoms with Crippen molar-refractivity contribution < 1.29 is 4.39 Å². The molecule has 0 spiro atoms. The number of hydrogen-bond acceptors (Lipinski definition) is 2. The van der Waals surface area contributed by atoms with Gasteiger partial charge in [0.05, 0.1) is 17.2 Å². The molecule has 0 saturated carbocycles. The molecule has 0 aliphatic heterocycles. The fourth-order valence-electron chi connectivity index (χ4n) is 1.25. The third-order valence-electron chi connectivity index (χ3n) is 2.00. The van der Waals surface area contributed by atoms with Crippen LogP contribution in [0.15, 0.2) is 12.1 Å². The second kappa shape index (κ2) is 3.89. The summed E-state index contributed by atoms with van der Waals surface area (Å²) in [5.41, 5.74) is 0.938. The molecule has 0 aromatic heterocycles. The first-order valence-corrected chi connectivity index (χ1v) is 4.23. The van der Waals surface area contributed by atoms with Gasteiger partial charge in [0, 0.05) is 0 Å². The highest BCUT2D eigenvalue weighted by molar-refractivity contribution is 5.46. The van der Waals surface area contributed by atoms with Gasteiger partial charge in [-0.2, -0.15) is 10.5 Å². The van der Waals surface area contributed by atoms with Crippen LogP contribution in [0.3, 0.4) is 0 Å². The Balaban J connectivity index is 3.43. The monoisotopic (exact) mass is 188 g/mol. The van der Waals surface area contributed by atoms with E-state index >= 15 is 0 Å². The van der Waals surface area contributed by atoms with E-state index in [9.17, 15) is 4.39 Å². The molecule has 0 N–H and O–H groups in total. The lowest BCUT2D eigenvalue weighted by Gasteiger charge is -2.08. The maximum absolute atomic E-state index is 13.2. The van der Waals surface area contributed by atoms with Crippen molar-refractivity contribution in [3.63, 3.8) is 0 Å². The first-order chi connectivity index (χ1) is 6.60. The van der Waals surface area contributed by atoms with Crippen molar-refractivity contribution in [1.29, 1.82) is 10.5 Å². The van der Waals surface area contributed by atoms with Crippen molar-refractivity contribution in [3.05, 3.63) is 34.6 Å². The molecule has 14 heavy (non-hydrogen) atoms. The van der Waals surface area contributed by atoms with Crippen LogP contribution in [0.1, 0.15) is 36.5 Å². The number of rotatable bonds is 1. The van der Waals surface area contributed by atoms with E-state index < -0.39 is 5.82 Å². The van der Waals surface area contributed by atoms with Crippen molar-refractivity contribution in [3.8, 4) is 12.1 Å². The average Bonchev–Trinajstić information content (AvgIpc) is 2.17. The lowest BCUT2D eigenvalue weighted by molar-refractivity contribution is 0.619. The predicted octanol–water partition coefficient (Wildman–Crippen LogP) is 2.69. The largest absolute Gasteiger partial charge is 0.206 e. The molecule has 3 heteroatoms. The van der Waals surface area contributed by atoms with Gasteiger partial charge in [0.1, 0.15) is 11.9 Å². The van der Waals surface area contributed by atoms with Crippen molar-refractivity contribution in [1.82, 2.24) is 0 Å². The summed E-state index contributed by atoms with van der Waals surface area (Å²) >= 11 is 0. The zero-order valence-corrected chi connectivity index (χ0v) is 8.00. The summed E-state index contributed by atoms with van der Waals surface area (Å²) in [6.45, 7) is 3.75. The standard InChI is InChI=1S/C11H9FN2/c1-7(2)10-4-11(12)9(6-14)3-8(10)5-13/h3-4,7H,1-2H3. The van der Waals surface area contributed by atoms with Crippen LogP contribution < -0.4 is 0 Å². The molecule has 0 aliphatic carbocycles. The lowest BCUT2D eigenvalue weighted by Crippen LogP contribution is -1.96. The highest BCUT2D eigenvalue weighted by Crippen LogP contribution is 2.22. The van der Waals surface area contributed by atoms with Gasteiger partial charge in [0.25, 0.3) is 0 Å². The van der Waals surface area contributed by atoms with E-state index in [-0.39, 0.29) is 11.5 Å². The molecule has 1 aromatic carbocycles. The highest BCUT2D eigenvalue weighted by atomic mass is 19.1. The summed E-state index contributed by atoms with van der Waals surface area (Å²) in [6.07, 6.45) is 0. The maximum Gasteiger partial charge on any atom is 0.141 e. The Labute approximate surface area is 82.2 Å². The molecular formula is C11H9FN2. The van der Waals surface area contributed by atoms with Crippen LogP contribution in [-0.2, 0) is 0 Å². The molecule has 0 bridgehead atoms. The topological polar surface area (TPSA) is 47.6 Å². The van der Waals surface area contributed by atoms with Gasteiger partial charge < -0.3 is 0 Å². The van der Waals surface area contributed by atoms with Crippen LogP contribution in [0.5, 0.6) is 0 Å². The second-order valence-corrected chi connectivity index (χ2v) is 3.30. The molecular weight excluding hydrogens is 179 g/mol. The summed E-state index contributed by atoms with van der Waals surface area (Å²) in [5, 5.41) is 17.4. The van der Waals surface area contributed by atoms with Crippen molar-refractivity contribution in [2.45, 2.75) is 19.8 Å². The first kappa shape index (κ1) is 10.2. The molecule has 0 unspecified atom stereocenters. The molecule has 0 atom stereocenters. The second-order valence-electron chi connectivity index (χ2n) is 3.30. The van der Waals surface area contributed by atoms with E-state index in [1.165, 1.54) is 12.1 Å². The Morgan fingerprint density at radius 1 is 1.14 bits per heavy atom. The number of halogens is 1. The fourth-order valence-corrected chi connectivity index (χ4v) is 1.25. The molecule has 0 amide bonds. The zero-order valence-electron chi connectivity index (χ0n) is 8.00. The van der Waals surface area contributed by atoms with Crippen molar-refractivity contribution in [2.75, 3.05) is 0 Å². The minimum atomic E-state index is -0.560. The van der Waals surface area contributed by atoms with Gasteiger partial charge in [-0.05, 0) is 23.6 Å². The van der Waals surface area contributed by atoms with Gasteiger partial charge >= 0.3 is 0 Å². The van der Waals surface area contributed by atoms with E-state index in [4.69, 9.17) is 10.5 Å². The molecule has 0 aliphatic rings. The maximum atomic E-state index is 13.2. The molecule has 0 radical (unpaired) electrons. The Bertz CT molecular complexity index is 436. The normalized spacial score (nSPS) is 9.57. The van der Waals surface area contributed by atoms with Gasteiger partial charge in [-0.3, -0.25) is 0 Å². The fraction of sp³-hybridized carbons (Fsp3) is 0.273. The number of hydrogen-bond donors (Lipinski definition) is 0. The summed E-state index contributed by atoms with van der Waals surface area (Å²) < 4.78 is 13.2. The van der Waals surface area contributed by atoms with Gasteiger partial charge in [-0.15, -0.1) is 0 Å². The molecule has 70 valence electrons. The average molecular weight is 188 g/mol. The molecule has 0 saturated heterocycles. The molecule has 0 fully saturated rings. The smallest absolute Gasteiger partial charge is 0.141 e. The Kier molecular flexibility index (Phi) is 2.84. The summed E-state index contributed by atoms with van der Waals surface area (Å²) in [6, 6.07) is 6.23. The van der Waals surface area contributed by atoms with Gasteiger partial charge in [-0.1, -0.05) is 13.8 Å². The van der Waals surface area contributed by atoms with Crippen LogP contribution in [0.4, 0.5) is 4.39 Å². The SMILES string of the molecule is CC(C)c1cc(F)c(C#N)cc1C#N. The summed E-state index contributed by atoms with van der Waals surface area (Å²) in [7, 11) is 0. The first-order valence-electron chi connectivity index (χ1n) is 4.23. The third-order valence-corrected chi connectivity index (χ3v) is 2.00. The lowest BCUT2D eigenvalue weighted by atomic mass is 9.96. The van der Waals surface area contributed by atoms with E-state index in [0.29, 0.717) is 11.1 Å². The van der Waals surface area contributed by atoms with E-state index in [1.807, 2.05) is 19.9 Å². The predicted molar refractivity (Wildman–Crippen MR) is 49.9 cm³/mol. The van der Waals surface area contributed by atoms with Gasteiger partial charge in [0.15, 0.2) is 0 Å². The van der Waals surface area contributed by atoms with Crippen LogP contribution in [0, 0.1) is 28.5 Å². The number of benzene rings is 1. The van der Waals surface area contributed by atoms with E-state index in [0.717, 1.165) is 0 Å². The molecule has 2 nitrogen and oxygen atoms in total. The molecule has 1 rings (SSSR count). The minimum absolute atomic E-state index is 0.0758. The van der Waals surface area contributed by atoms with Crippen LogP contribution >= 0.6 is 0 Å². The van der Waals surface area contributed by atoms with Crippen molar-refractivity contribution >= 4 is 0 Å². The highest BCUT2D eigenvalue weighted by Gasteiger charge is 2.11. The van der Waals surface area contributed by atoms with Crippen LogP contribution in [0.2, 0.25) is 0 Å². The number of nitrogens with zero attached hydrogens (tertiary/aromatic N) is 2. The van der Waals surface area contributed by atoms with Gasteiger partial charge in [-0.25, -0.2) is 4.39 Å². The van der Waals surface area contributed by atoms with Gasteiger partial charge in [0.2, 0.25) is 0 Å². The van der Waals surface area contributed by atoms with E-state index in [1.54, 1.807) is 6.07 Å².